The van der Waals surface area contributed by atoms with Gasteiger partial charge >= 0.3 is 0 Å². The van der Waals surface area contributed by atoms with Crippen LogP contribution in [0, 0.1) is 0 Å². The average molecular weight is 434 g/mol. The van der Waals surface area contributed by atoms with Crippen molar-refractivity contribution < 1.29 is 4.74 Å². The lowest BCUT2D eigenvalue weighted by Gasteiger charge is -2.15. The molecule has 0 atom stereocenters. The topological polar surface area (TPSA) is 48.9 Å². The quantitative estimate of drug-likeness (QED) is 0.271. The summed E-state index contributed by atoms with van der Waals surface area (Å²) in [5.74, 6) is 0.802. The molecule has 0 spiro atoms. The van der Waals surface area contributed by atoms with Crippen LogP contribution < -0.4 is 10.6 Å². The van der Waals surface area contributed by atoms with Gasteiger partial charge in [0.15, 0.2) is 5.96 Å². The van der Waals surface area contributed by atoms with Gasteiger partial charge in [-0.1, -0.05) is 31.2 Å². The smallest absolute Gasteiger partial charge is 0.191 e. The number of ether oxygens (including phenoxy) is 1. The van der Waals surface area contributed by atoms with Gasteiger partial charge in [0.05, 0.1) is 6.61 Å². The number of halogens is 1. The number of hydrogen-bond acceptors (Lipinski definition) is 3. The maximum absolute atomic E-state index is 5.30. The van der Waals surface area contributed by atoms with E-state index in [9.17, 15) is 0 Å². The van der Waals surface area contributed by atoms with E-state index in [0.717, 1.165) is 38.7 Å². The summed E-state index contributed by atoms with van der Waals surface area (Å²) < 4.78 is 5.30. The summed E-state index contributed by atoms with van der Waals surface area (Å²) in [5, 5.41) is 6.56. The Morgan fingerprint density at radius 1 is 1.22 bits per heavy atom. The van der Waals surface area contributed by atoms with Crippen molar-refractivity contribution in [3.63, 3.8) is 0 Å². The van der Waals surface area contributed by atoms with Crippen LogP contribution >= 0.6 is 24.0 Å². The number of guanidine groups is 1. The Balaban J connectivity index is 0.00000484. The largest absolute Gasteiger partial charge is 0.380 e. The van der Waals surface area contributed by atoms with Gasteiger partial charge in [-0.2, -0.15) is 0 Å². The van der Waals surface area contributed by atoms with Crippen molar-refractivity contribution in [3.8, 4) is 0 Å². The molecule has 6 heteroatoms. The van der Waals surface area contributed by atoms with Gasteiger partial charge in [0.1, 0.15) is 0 Å². The SMILES string of the molecule is CCOCCNC(=NC)NCc1cccc(CN(C)CC)c1.I. The zero-order chi connectivity index (χ0) is 16.2. The second-order valence-corrected chi connectivity index (χ2v) is 5.20. The first-order valence-corrected chi connectivity index (χ1v) is 7.98. The summed E-state index contributed by atoms with van der Waals surface area (Å²) in [6.07, 6.45) is 0. The first-order chi connectivity index (χ1) is 10.7. The van der Waals surface area contributed by atoms with E-state index in [1.807, 2.05) is 6.92 Å². The van der Waals surface area contributed by atoms with Gasteiger partial charge in [-0.05, 0) is 31.6 Å². The van der Waals surface area contributed by atoms with Crippen LogP contribution in [0.2, 0.25) is 0 Å². The van der Waals surface area contributed by atoms with Crippen LogP contribution in [0.3, 0.4) is 0 Å². The van der Waals surface area contributed by atoms with Crippen molar-refractivity contribution >= 4 is 29.9 Å². The molecule has 132 valence electrons. The molecule has 1 aromatic carbocycles. The molecule has 0 bridgehead atoms. The lowest BCUT2D eigenvalue weighted by molar-refractivity contribution is 0.152. The first kappa shape index (κ1) is 22.1. The summed E-state index contributed by atoms with van der Waals surface area (Å²) in [5.41, 5.74) is 2.60. The Kier molecular flexibility index (Phi) is 13.1. The van der Waals surface area contributed by atoms with Gasteiger partial charge in [-0.15, -0.1) is 24.0 Å². The van der Waals surface area contributed by atoms with Crippen LogP contribution in [0.1, 0.15) is 25.0 Å². The van der Waals surface area contributed by atoms with Crippen LogP contribution in [-0.2, 0) is 17.8 Å². The minimum atomic E-state index is 0. The molecule has 0 heterocycles. The third-order valence-corrected chi connectivity index (χ3v) is 3.41. The van der Waals surface area contributed by atoms with Crippen molar-refractivity contribution in [2.24, 2.45) is 4.99 Å². The van der Waals surface area contributed by atoms with E-state index in [-0.39, 0.29) is 24.0 Å². The maximum Gasteiger partial charge on any atom is 0.191 e. The number of aliphatic imine (C=N–C) groups is 1. The lowest BCUT2D eigenvalue weighted by Crippen LogP contribution is -2.38. The summed E-state index contributed by atoms with van der Waals surface area (Å²) in [4.78, 5) is 6.51. The molecule has 0 saturated heterocycles. The van der Waals surface area contributed by atoms with E-state index >= 15 is 0 Å². The molecule has 0 fully saturated rings. The molecule has 0 amide bonds. The van der Waals surface area contributed by atoms with Gasteiger partial charge in [0.25, 0.3) is 0 Å². The van der Waals surface area contributed by atoms with Crippen molar-refractivity contribution in [3.05, 3.63) is 35.4 Å². The fourth-order valence-electron chi connectivity index (χ4n) is 2.05. The number of benzene rings is 1. The van der Waals surface area contributed by atoms with Gasteiger partial charge in [-0.3, -0.25) is 4.99 Å². The van der Waals surface area contributed by atoms with E-state index < -0.39 is 0 Å². The zero-order valence-electron chi connectivity index (χ0n) is 14.8. The number of nitrogens with zero attached hydrogens (tertiary/aromatic N) is 2. The minimum absolute atomic E-state index is 0. The minimum Gasteiger partial charge on any atom is -0.380 e. The van der Waals surface area contributed by atoms with Crippen molar-refractivity contribution in [1.82, 2.24) is 15.5 Å². The third-order valence-electron chi connectivity index (χ3n) is 3.41. The van der Waals surface area contributed by atoms with E-state index in [1.165, 1.54) is 11.1 Å². The Morgan fingerprint density at radius 2 is 1.96 bits per heavy atom. The van der Waals surface area contributed by atoms with Gasteiger partial charge in [0, 0.05) is 33.3 Å². The fourth-order valence-corrected chi connectivity index (χ4v) is 2.05. The van der Waals surface area contributed by atoms with E-state index in [2.05, 4.69) is 58.8 Å². The number of rotatable bonds is 9. The second-order valence-electron chi connectivity index (χ2n) is 5.20. The molecule has 0 aliphatic rings. The van der Waals surface area contributed by atoms with Crippen molar-refractivity contribution in [2.75, 3.05) is 40.4 Å². The molecular formula is C17H31IN4O. The zero-order valence-corrected chi connectivity index (χ0v) is 17.1. The van der Waals surface area contributed by atoms with Gasteiger partial charge in [0.2, 0.25) is 0 Å². The van der Waals surface area contributed by atoms with Gasteiger partial charge < -0.3 is 20.3 Å². The molecule has 0 radical (unpaired) electrons. The second kappa shape index (κ2) is 13.6. The van der Waals surface area contributed by atoms with Crippen LogP contribution in [-0.4, -0.2) is 51.3 Å². The van der Waals surface area contributed by atoms with E-state index in [4.69, 9.17) is 4.74 Å². The Hall–Kier alpha value is -0.860. The van der Waals surface area contributed by atoms with Crippen LogP contribution in [0.4, 0.5) is 0 Å². The van der Waals surface area contributed by atoms with Crippen LogP contribution in [0.5, 0.6) is 0 Å². The molecule has 2 N–H and O–H groups in total. The number of nitrogens with one attached hydrogen (secondary N) is 2. The summed E-state index contributed by atoms with van der Waals surface area (Å²) >= 11 is 0. The summed E-state index contributed by atoms with van der Waals surface area (Å²) in [6, 6.07) is 8.66. The number of hydrogen-bond donors (Lipinski definition) is 2. The molecule has 0 unspecified atom stereocenters. The predicted molar refractivity (Wildman–Crippen MR) is 109 cm³/mol. The first-order valence-electron chi connectivity index (χ1n) is 7.98. The molecule has 0 saturated carbocycles. The van der Waals surface area contributed by atoms with E-state index in [0.29, 0.717) is 6.61 Å². The Morgan fingerprint density at radius 3 is 2.61 bits per heavy atom. The Labute approximate surface area is 157 Å². The van der Waals surface area contributed by atoms with Gasteiger partial charge in [-0.25, -0.2) is 0 Å². The standard InChI is InChI=1S/C17H30N4O.HI/c1-5-21(4)14-16-9-7-8-15(12-16)13-20-17(18-3)19-10-11-22-6-2;/h7-9,12H,5-6,10-11,13-14H2,1-4H3,(H2,18,19,20);1H. The molecule has 0 aliphatic heterocycles. The molecule has 1 aromatic rings. The van der Waals surface area contributed by atoms with Crippen molar-refractivity contribution in [2.45, 2.75) is 26.9 Å². The van der Waals surface area contributed by atoms with Crippen LogP contribution in [0.15, 0.2) is 29.3 Å². The highest BCUT2D eigenvalue weighted by Crippen LogP contribution is 2.07. The molecule has 5 nitrogen and oxygen atoms in total. The Bertz CT molecular complexity index is 454. The highest BCUT2D eigenvalue weighted by Gasteiger charge is 2.01. The monoisotopic (exact) mass is 434 g/mol. The fraction of sp³-hybridized carbons (Fsp3) is 0.588. The molecule has 0 aromatic heterocycles. The molecular weight excluding hydrogens is 403 g/mol. The lowest BCUT2D eigenvalue weighted by atomic mass is 10.1. The summed E-state index contributed by atoms with van der Waals surface area (Å²) in [6.45, 7) is 9.15. The maximum atomic E-state index is 5.30. The third kappa shape index (κ3) is 9.78. The normalized spacial score (nSPS) is 11.3. The highest BCUT2D eigenvalue weighted by atomic mass is 127. The average Bonchev–Trinajstić information content (AvgIpc) is 2.54. The van der Waals surface area contributed by atoms with E-state index in [1.54, 1.807) is 7.05 Å². The highest BCUT2D eigenvalue weighted by molar-refractivity contribution is 14.0. The van der Waals surface area contributed by atoms with Crippen molar-refractivity contribution in [1.29, 1.82) is 0 Å². The molecule has 1 rings (SSSR count). The summed E-state index contributed by atoms with van der Waals surface area (Å²) in [7, 11) is 3.91. The molecule has 23 heavy (non-hydrogen) atoms. The van der Waals surface area contributed by atoms with Crippen LogP contribution in [0.25, 0.3) is 0 Å². The molecule has 0 aliphatic carbocycles. The predicted octanol–water partition coefficient (Wildman–Crippen LogP) is 2.46.